The van der Waals surface area contributed by atoms with Gasteiger partial charge in [0.1, 0.15) is 11.0 Å². The Morgan fingerprint density at radius 1 is 1.62 bits per heavy atom. The van der Waals surface area contributed by atoms with E-state index in [4.69, 9.17) is 22.5 Å². The first-order valence-corrected chi connectivity index (χ1v) is 5.80. The third-order valence-electron chi connectivity index (χ3n) is 3.59. The van der Waals surface area contributed by atoms with Crippen LogP contribution in [0.1, 0.15) is 26.2 Å². The van der Waals surface area contributed by atoms with Crippen LogP contribution in [-0.2, 0) is 0 Å². The molecule has 0 bridgehead atoms. The second kappa shape index (κ2) is 4.01. The average Bonchev–Trinajstić information content (AvgIpc) is 2.19. The molecular weight excluding hydrogens is 226 g/mol. The zero-order valence-electron chi connectivity index (χ0n) is 9.20. The van der Waals surface area contributed by atoms with E-state index in [0.29, 0.717) is 11.0 Å². The van der Waals surface area contributed by atoms with E-state index in [0.717, 1.165) is 24.8 Å². The number of hydrogen-bond acceptors (Lipinski definition) is 3. The van der Waals surface area contributed by atoms with Gasteiger partial charge in [-0.1, -0.05) is 29.3 Å². The van der Waals surface area contributed by atoms with E-state index < -0.39 is 0 Å². The fourth-order valence-electron chi connectivity index (χ4n) is 2.53. The molecule has 16 heavy (non-hydrogen) atoms. The lowest BCUT2D eigenvalue weighted by Crippen LogP contribution is -2.49. The molecule has 0 aromatic heterocycles. The summed E-state index contributed by atoms with van der Waals surface area (Å²) < 4.78 is 0. The molecule has 4 N–H and O–H groups in total. The molecule has 0 aromatic carbocycles. The smallest absolute Gasteiger partial charge is 0.149 e. The van der Waals surface area contributed by atoms with Gasteiger partial charge in [0, 0.05) is 6.04 Å². The van der Waals surface area contributed by atoms with E-state index in [1.807, 2.05) is 19.1 Å². The van der Waals surface area contributed by atoms with Gasteiger partial charge in [0.2, 0.25) is 0 Å². The second-order valence-electron chi connectivity index (χ2n) is 4.42. The van der Waals surface area contributed by atoms with Gasteiger partial charge in [-0.05, 0) is 31.4 Å². The minimum Gasteiger partial charge on any atom is -0.409 e. The van der Waals surface area contributed by atoms with Crippen molar-refractivity contribution in [2.24, 2.45) is 16.3 Å². The Hall–Kier alpha value is -1.16. The Labute approximate surface area is 99.8 Å². The molecule has 2 rings (SSSR count). The largest absolute Gasteiger partial charge is 0.409 e. The van der Waals surface area contributed by atoms with Gasteiger partial charge in [-0.3, -0.25) is 0 Å². The summed E-state index contributed by atoms with van der Waals surface area (Å²) in [4.78, 5) is 0. The number of halogens is 1. The van der Waals surface area contributed by atoms with Crippen molar-refractivity contribution in [3.8, 4) is 0 Å². The van der Waals surface area contributed by atoms with E-state index in [1.54, 1.807) is 0 Å². The summed E-state index contributed by atoms with van der Waals surface area (Å²) in [7, 11) is 0. The van der Waals surface area contributed by atoms with Crippen LogP contribution in [0.2, 0.25) is 0 Å². The van der Waals surface area contributed by atoms with Gasteiger partial charge in [0.05, 0.1) is 5.41 Å². The number of allylic oxidation sites excluding steroid dienone is 2. The van der Waals surface area contributed by atoms with Crippen LogP contribution in [0.25, 0.3) is 0 Å². The normalized spacial score (nSPS) is 28.6. The second-order valence-corrected chi connectivity index (χ2v) is 4.83. The molecule has 2 aliphatic rings. The number of rotatable bonds is 2. The fourth-order valence-corrected chi connectivity index (χ4v) is 2.76. The van der Waals surface area contributed by atoms with Crippen LogP contribution in [0.15, 0.2) is 28.0 Å². The van der Waals surface area contributed by atoms with Crippen molar-refractivity contribution < 1.29 is 5.21 Å². The van der Waals surface area contributed by atoms with Crippen molar-refractivity contribution in [1.82, 2.24) is 5.32 Å². The van der Waals surface area contributed by atoms with Crippen molar-refractivity contribution in [3.05, 3.63) is 22.9 Å². The number of dihydropyridines is 1. The molecule has 1 fully saturated rings. The Bertz CT molecular complexity index is 383. The molecule has 1 unspecified atom stereocenters. The summed E-state index contributed by atoms with van der Waals surface area (Å²) in [6, 6.07) is 0.123. The maximum absolute atomic E-state index is 8.88. The zero-order valence-corrected chi connectivity index (χ0v) is 9.96. The highest BCUT2D eigenvalue weighted by molar-refractivity contribution is 6.29. The minimum atomic E-state index is -0.269. The molecule has 0 aromatic rings. The Morgan fingerprint density at radius 3 is 2.75 bits per heavy atom. The maximum atomic E-state index is 8.88. The van der Waals surface area contributed by atoms with Gasteiger partial charge in [-0.2, -0.15) is 0 Å². The van der Waals surface area contributed by atoms with E-state index in [1.165, 1.54) is 0 Å². The summed E-state index contributed by atoms with van der Waals surface area (Å²) in [5.74, 6) is 0.310. The van der Waals surface area contributed by atoms with Gasteiger partial charge in [0.25, 0.3) is 0 Å². The first-order chi connectivity index (χ1) is 7.60. The van der Waals surface area contributed by atoms with Crippen LogP contribution < -0.4 is 11.1 Å². The summed E-state index contributed by atoms with van der Waals surface area (Å²) in [6.07, 6.45) is 6.79. The molecule has 0 amide bonds. The molecule has 5 heteroatoms. The lowest BCUT2D eigenvalue weighted by atomic mass is 9.61. The van der Waals surface area contributed by atoms with Crippen LogP contribution in [0.4, 0.5) is 0 Å². The van der Waals surface area contributed by atoms with Gasteiger partial charge in [-0.25, -0.2) is 0 Å². The maximum Gasteiger partial charge on any atom is 0.149 e. The van der Waals surface area contributed by atoms with Crippen molar-refractivity contribution in [2.45, 2.75) is 32.2 Å². The van der Waals surface area contributed by atoms with Gasteiger partial charge < -0.3 is 16.3 Å². The molecule has 4 nitrogen and oxygen atoms in total. The van der Waals surface area contributed by atoms with Crippen LogP contribution in [0.3, 0.4) is 0 Å². The topological polar surface area (TPSA) is 70.6 Å². The quantitative estimate of drug-likeness (QED) is 0.227. The number of amidine groups is 1. The molecular formula is C11H16ClN3O. The first-order valence-electron chi connectivity index (χ1n) is 5.42. The van der Waals surface area contributed by atoms with Crippen LogP contribution in [0, 0.1) is 5.41 Å². The molecule has 1 aliphatic carbocycles. The highest BCUT2D eigenvalue weighted by Crippen LogP contribution is 2.49. The predicted octanol–water partition coefficient (Wildman–Crippen LogP) is 1.90. The minimum absolute atomic E-state index is 0.123. The Morgan fingerprint density at radius 2 is 2.31 bits per heavy atom. The van der Waals surface area contributed by atoms with E-state index in [2.05, 4.69) is 10.5 Å². The molecule has 0 saturated heterocycles. The fraction of sp³-hybridized carbons (Fsp3) is 0.545. The summed E-state index contributed by atoms with van der Waals surface area (Å²) >= 11 is 5.90. The molecule has 1 heterocycles. The van der Waals surface area contributed by atoms with Crippen molar-refractivity contribution >= 4 is 17.4 Å². The highest BCUT2D eigenvalue weighted by Gasteiger charge is 2.46. The van der Waals surface area contributed by atoms with Crippen molar-refractivity contribution in [1.29, 1.82) is 0 Å². The number of nitrogens with zero attached hydrogens (tertiary/aromatic N) is 1. The molecule has 0 spiro atoms. The third kappa shape index (κ3) is 1.57. The van der Waals surface area contributed by atoms with Crippen molar-refractivity contribution in [3.63, 3.8) is 0 Å². The monoisotopic (exact) mass is 241 g/mol. The molecule has 0 radical (unpaired) electrons. The Kier molecular flexibility index (Phi) is 2.84. The van der Waals surface area contributed by atoms with E-state index in [-0.39, 0.29) is 11.5 Å². The third-order valence-corrected chi connectivity index (χ3v) is 3.82. The van der Waals surface area contributed by atoms with Gasteiger partial charge >= 0.3 is 0 Å². The van der Waals surface area contributed by atoms with E-state index >= 15 is 0 Å². The highest BCUT2D eigenvalue weighted by atomic mass is 35.5. The standard InChI is InChI=1S/C11H16ClN3O/c1-7-8(3-4-9(12)14-7)11(5-2-6-11)10(13)15-16/h3-4,7,14,16H,2,5-6H2,1H3,(H2,13,15). The lowest BCUT2D eigenvalue weighted by molar-refractivity contribution is 0.245. The average molecular weight is 242 g/mol. The summed E-state index contributed by atoms with van der Waals surface area (Å²) in [6.45, 7) is 2.03. The molecule has 1 saturated carbocycles. The van der Waals surface area contributed by atoms with Crippen molar-refractivity contribution in [2.75, 3.05) is 0 Å². The molecule has 88 valence electrons. The Balaban J connectivity index is 2.35. The molecule has 1 aliphatic heterocycles. The van der Waals surface area contributed by atoms with E-state index in [9.17, 15) is 0 Å². The van der Waals surface area contributed by atoms with Gasteiger partial charge in [0.15, 0.2) is 0 Å². The van der Waals surface area contributed by atoms with Crippen LogP contribution in [0.5, 0.6) is 0 Å². The zero-order chi connectivity index (χ0) is 11.8. The lowest BCUT2D eigenvalue weighted by Gasteiger charge is -2.45. The first kappa shape index (κ1) is 11.3. The molecule has 1 atom stereocenters. The van der Waals surface area contributed by atoms with Crippen LogP contribution >= 0.6 is 11.6 Å². The van der Waals surface area contributed by atoms with Crippen LogP contribution in [-0.4, -0.2) is 17.1 Å². The van der Waals surface area contributed by atoms with Gasteiger partial charge in [-0.15, -0.1) is 0 Å². The number of nitrogens with one attached hydrogen (secondary N) is 1. The SMILES string of the molecule is CC1NC(Cl)=CC=C1C1(/C(N)=N/O)CCC1. The summed E-state index contributed by atoms with van der Waals surface area (Å²) in [5.41, 5.74) is 6.70. The number of hydrogen-bond donors (Lipinski definition) is 3. The number of oxime groups is 1. The number of nitrogens with two attached hydrogens (primary N) is 1. The predicted molar refractivity (Wildman–Crippen MR) is 64.3 cm³/mol. The summed E-state index contributed by atoms with van der Waals surface area (Å²) in [5, 5.41) is 15.8.